The number of thioether (sulfide) groups is 1. The van der Waals surface area contributed by atoms with Crippen molar-refractivity contribution in [2.75, 3.05) is 18.8 Å². The third-order valence-electron chi connectivity index (χ3n) is 4.07. The number of amides is 1. The Kier molecular flexibility index (Phi) is 3.48. The van der Waals surface area contributed by atoms with Crippen LogP contribution in [0.3, 0.4) is 0 Å². The van der Waals surface area contributed by atoms with Gasteiger partial charge in [-0.2, -0.15) is 0 Å². The van der Waals surface area contributed by atoms with Crippen molar-refractivity contribution in [2.24, 2.45) is 0 Å². The van der Waals surface area contributed by atoms with Gasteiger partial charge in [0.1, 0.15) is 12.4 Å². The summed E-state index contributed by atoms with van der Waals surface area (Å²) in [6, 6.07) is 2.87. The first-order valence-electron chi connectivity index (χ1n) is 7.24. The van der Waals surface area contributed by atoms with Crippen molar-refractivity contribution in [1.29, 1.82) is 0 Å². The van der Waals surface area contributed by atoms with E-state index in [9.17, 15) is 9.18 Å². The van der Waals surface area contributed by atoms with Gasteiger partial charge in [0.15, 0.2) is 17.9 Å². The van der Waals surface area contributed by atoms with E-state index in [-0.39, 0.29) is 22.6 Å². The molecule has 0 N–H and O–H groups in total. The number of pyridine rings is 1. The molecule has 4 rings (SSSR count). The van der Waals surface area contributed by atoms with Crippen molar-refractivity contribution in [1.82, 2.24) is 14.9 Å². The number of hydrogen-bond acceptors (Lipinski definition) is 6. The molecule has 1 atom stereocenters. The average molecular weight is 335 g/mol. The van der Waals surface area contributed by atoms with Gasteiger partial charge >= 0.3 is 0 Å². The van der Waals surface area contributed by atoms with Crippen LogP contribution < -0.4 is 4.74 Å². The third kappa shape index (κ3) is 2.67. The number of likely N-dealkylation sites (tertiary alicyclic amines) is 1. The number of halogens is 1. The highest BCUT2D eigenvalue weighted by molar-refractivity contribution is 8.01. The molecule has 1 spiro atoms. The van der Waals surface area contributed by atoms with E-state index >= 15 is 0 Å². The fourth-order valence-electron chi connectivity index (χ4n) is 2.99. The van der Waals surface area contributed by atoms with E-state index in [0.717, 1.165) is 12.2 Å². The molecule has 2 aromatic heterocycles. The summed E-state index contributed by atoms with van der Waals surface area (Å²) in [7, 11) is 0. The second-order valence-corrected chi connectivity index (χ2v) is 7.25. The van der Waals surface area contributed by atoms with Crippen LogP contribution in [0.4, 0.5) is 4.39 Å². The molecule has 4 heterocycles. The molecule has 120 valence electrons. The number of nitrogens with zero attached hydrogens (tertiary/aromatic N) is 3. The first-order chi connectivity index (χ1) is 11.2. The minimum Gasteiger partial charge on any atom is -0.471 e. The Morgan fingerprint density at radius 1 is 1.48 bits per heavy atom. The van der Waals surface area contributed by atoms with Gasteiger partial charge in [0.05, 0.1) is 4.75 Å². The van der Waals surface area contributed by atoms with E-state index in [1.807, 2.05) is 0 Å². The van der Waals surface area contributed by atoms with E-state index in [0.29, 0.717) is 18.8 Å². The normalized spacial score (nSPS) is 22.1. The van der Waals surface area contributed by atoms with Crippen molar-refractivity contribution < 1.29 is 18.3 Å². The zero-order chi connectivity index (χ0) is 15.9. The summed E-state index contributed by atoms with van der Waals surface area (Å²) < 4.78 is 24.1. The number of ether oxygens (including phenoxy) is 1. The summed E-state index contributed by atoms with van der Waals surface area (Å²) in [5.74, 6) is 0.243. The van der Waals surface area contributed by atoms with Crippen molar-refractivity contribution in [2.45, 2.75) is 17.3 Å². The lowest BCUT2D eigenvalue weighted by atomic mass is 9.92. The van der Waals surface area contributed by atoms with Gasteiger partial charge in [-0.1, -0.05) is 0 Å². The molecule has 23 heavy (non-hydrogen) atoms. The van der Waals surface area contributed by atoms with Gasteiger partial charge in [0.25, 0.3) is 11.8 Å². The standard InChI is InChI=1S/C15H14FN3O3S/c16-11-2-1-3-17-13(11)22-10-4-15(23-6-10)7-19(8-15)14(20)12-5-21-9-18-12/h1-3,5,9-10H,4,6-8H2. The number of rotatable bonds is 3. The molecule has 6 nitrogen and oxygen atoms in total. The molecule has 2 aromatic rings. The van der Waals surface area contributed by atoms with Crippen molar-refractivity contribution in [3.8, 4) is 5.88 Å². The molecular formula is C15H14FN3O3S. The van der Waals surface area contributed by atoms with Crippen molar-refractivity contribution in [3.63, 3.8) is 0 Å². The van der Waals surface area contributed by atoms with Gasteiger partial charge in [0, 0.05) is 31.5 Å². The highest BCUT2D eigenvalue weighted by Crippen LogP contribution is 2.46. The molecule has 2 aliphatic heterocycles. The van der Waals surface area contributed by atoms with E-state index in [1.54, 1.807) is 16.7 Å². The predicted octanol–water partition coefficient (Wildman–Crippen LogP) is 1.99. The quantitative estimate of drug-likeness (QED) is 0.854. The van der Waals surface area contributed by atoms with Crippen LogP contribution in [0.15, 0.2) is 35.4 Å². The monoisotopic (exact) mass is 335 g/mol. The predicted molar refractivity (Wildman–Crippen MR) is 80.8 cm³/mol. The molecule has 2 aliphatic rings. The smallest absolute Gasteiger partial charge is 0.275 e. The third-order valence-corrected chi connectivity index (χ3v) is 5.65. The molecule has 8 heteroatoms. The van der Waals surface area contributed by atoms with Crippen LogP contribution in [0.5, 0.6) is 5.88 Å². The lowest BCUT2D eigenvalue weighted by molar-refractivity contribution is 0.0508. The Balaban J connectivity index is 1.35. The fraction of sp³-hybridized carbons (Fsp3) is 0.400. The van der Waals surface area contributed by atoms with Gasteiger partial charge in [-0.25, -0.2) is 14.4 Å². The van der Waals surface area contributed by atoms with Gasteiger partial charge in [-0.05, 0) is 12.1 Å². The Hall–Kier alpha value is -2.09. The molecule has 2 fully saturated rings. The lowest BCUT2D eigenvalue weighted by Crippen LogP contribution is -2.60. The second-order valence-electron chi connectivity index (χ2n) is 5.76. The molecule has 0 aromatic carbocycles. The zero-order valence-electron chi connectivity index (χ0n) is 12.1. The highest BCUT2D eigenvalue weighted by atomic mass is 32.2. The summed E-state index contributed by atoms with van der Waals surface area (Å²) in [6.07, 6.45) is 4.80. The summed E-state index contributed by atoms with van der Waals surface area (Å²) in [4.78, 5) is 21.7. The van der Waals surface area contributed by atoms with Crippen LogP contribution in [0.25, 0.3) is 0 Å². The van der Waals surface area contributed by atoms with Gasteiger partial charge in [-0.3, -0.25) is 4.79 Å². The molecule has 1 unspecified atom stereocenters. The Labute approximate surface area is 136 Å². The SMILES string of the molecule is O=C(c1cocn1)N1CC2(CC(Oc3ncccc3F)CS2)C1. The van der Waals surface area contributed by atoms with E-state index < -0.39 is 5.82 Å². The van der Waals surface area contributed by atoms with Crippen molar-refractivity contribution in [3.05, 3.63) is 42.5 Å². The number of oxazole rings is 1. The number of hydrogen-bond donors (Lipinski definition) is 0. The summed E-state index contributed by atoms with van der Waals surface area (Å²) in [6.45, 7) is 1.29. The lowest BCUT2D eigenvalue weighted by Gasteiger charge is -2.47. The average Bonchev–Trinajstić information content (AvgIpc) is 3.17. The van der Waals surface area contributed by atoms with Crippen molar-refractivity contribution >= 4 is 17.7 Å². The fourth-order valence-corrected chi connectivity index (χ4v) is 4.51. The van der Waals surface area contributed by atoms with Gasteiger partial charge in [0.2, 0.25) is 0 Å². The molecule has 0 aliphatic carbocycles. The van der Waals surface area contributed by atoms with E-state index in [4.69, 9.17) is 9.15 Å². The Bertz CT molecular complexity index is 719. The van der Waals surface area contributed by atoms with E-state index in [2.05, 4.69) is 9.97 Å². The molecule has 0 saturated carbocycles. The van der Waals surface area contributed by atoms with Crippen LogP contribution in [-0.2, 0) is 0 Å². The number of aromatic nitrogens is 2. The number of carbonyl (C=O) groups is 1. The topological polar surface area (TPSA) is 68.5 Å². The van der Waals surface area contributed by atoms with Crippen LogP contribution in [0, 0.1) is 5.82 Å². The Morgan fingerprint density at radius 2 is 2.35 bits per heavy atom. The van der Waals surface area contributed by atoms with Crippen LogP contribution in [0.2, 0.25) is 0 Å². The maximum absolute atomic E-state index is 13.6. The van der Waals surface area contributed by atoms with Crippen LogP contribution >= 0.6 is 11.8 Å². The maximum Gasteiger partial charge on any atom is 0.275 e. The number of carbonyl (C=O) groups excluding carboxylic acids is 1. The minimum absolute atomic E-state index is 0.00464. The van der Waals surface area contributed by atoms with Gasteiger partial charge < -0.3 is 14.1 Å². The molecule has 1 amide bonds. The molecule has 2 saturated heterocycles. The molecule has 0 radical (unpaired) electrons. The molecule has 0 bridgehead atoms. The highest BCUT2D eigenvalue weighted by Gasteiger charge is 2.51. The van der Waals surface area contributed by atoms with Crippen LogP contribution in [-0.4, -0.2) is 50.5 Å². The first kappa shape index (κ1) is 14.5. The maximum atomic E-state index is 13.6. The Morgan fingerprint density at radius 3 is 3.09 bits per heavy atom. The summed E-state index contributed by atoms with van der Waals surface area (Å²) >= 11 is 1.77. The second kappa shape index (κ2) is 5.52. The summed E-state index contributed by atoms with van der Waals surface area (Å²) in [5, 5.41) is 0. The van der Waals surface area contributed by atoms with Gasteiger partial charge in [-0.15, -0.1) is 11.8 Å². The minimum atomic E-state index is -0.449. The van der Waals surface area contributed by atoms with E-state index in [1.165, 1.54) is 31.0 Å². The summed E-state index contributed by atoms with van der Waals surface area (Å²) in [5.41, 5.74) is 0.325. The van der Waals surface area contributed by atoms with Crippen LogP contribution in [0.1, 0.15) is 16.9 Å². The first-order valence-corrected chi connectivity index (χ1v) is 8.22. The largest absolute Gasteiger partial charge is 0.471 e. The molecular weight excluding hydrogens is 321 g/mol. The zero-order valence-corrected chi connectivity index (χ0v) is 13.0.